The Morgan fingerprint density at radius 1 is 1.19 bits per heavy atom. The zero-order valence-electron chi connectivity index (χ0n) is 15.0. The molecule has 3 atom stereocenters. The Morgan fingerprint density at radius 3 is 2.69 bits per heavy atom. The lowest BCUT2D eigenvalue weighted by Gasteiger charge is -2.51. The molecule has 136 valence electrons. The lowest BCUT2D eigenvalue weighted by atomic mass is 9.87. The van der Waals surface area contributed by atoms with Crippen molar-refractivity contribution >= 4 is 5.91 Å². The van der Waals surface area contributed by atoms with Crippen LogP contribution < -0.4 is 11.1 Å². The summed E-state index contributed by atoms with van der Waals surface area (Å²) in [4.78, 5) is 14.8. The van der Waals surface area contributed by atoms with E-state index in [1.54, 1.807) is 0 Å². The SMILES string of the molecule is CCOC1(c2ccccc2)CC(N)CCN1C1NC(=O)c2ccccc21. The fourth-order valence-electron chi connectivity index (χ4n) is 4.31. The van der Waals surface area contributed by atoms with Gasteiger partial charge < -0.3 is 15.8 Å². The summed E-state index contributed by atoms with van der Waals surface area (Å²) >= 11 is 0. The minimum Gasteiger partial charge on any atom is -0.356 e. The van der Waals surface area contributed by atoms with Crippen molar-refractivity contribution in [1.29, 1.82) is 0 Å². The minimum absolute atomic E-state index is 0.0288. The molecule has 0 spiro atoms. The number of carbonyl (C=O) groups is 1. The second-order valence-electron chi connectivity index (χ2n) is 6.99. The van der Waals surface area contributed by atoms with Crippen LogP contribution in [0, 0.1) is 0 Å². The van der Waals surface area contributed by atoms with Crippen LogP contribution in [-0.4, -0.2) is 30.0 Å². The minimum atomic E-state index is -0.650. The van der Waals surface area contributed by atoms with Crippen molar-refractivity contribution in [1.82, 2.24) is 10.2 Å². The zero-order chi connectivity index (χ0) is 18.1. The van der Waals surface area contributed by atoms with Gasteiger partial charge in [-0.15, -0.1) is 0 Å². The summed E-state index contributed by atoms with van der Waals surface area (Å²) in [5.41, 5.74) is 8.55. The van der Waals surface area contributed by atoms with E-state index >= 15 is 0 Å². The number of piperidine rings is 1. The summed E-state index contributed by atoms with van der Waals surface area (Å²) in [5.74, 6) is -0.0288. The number of fused-ring (bicyclic) bond motifs is 1. The van der Waals surface area contributed by atoms with Crippen LogP contribution in [0.15, 0.2) is 54.6 Å². The molecule has 3 N–H and O–H groups in total. The van der Waals surface area contributed by atoms with E-state index in [1.807, 2.05) is 49.4 Å². The first-order chi connectivity index (χ1) is 12.7. The van der Waals surface area contributed by atoms with Crippen LogP contribution in [0.25, 0.3) is 0 Å². The highest BCUT2D eigenvalue weighted by atomic mass is 16.5. The average molecular weight is 351 g/mol. The molecule has 26 heavy (non-hydrogen) atoms. The van der Waals surface area contributed by atoms with Gasteiger partial charge in [0.25, 0.3) is 5.91 Å². The second kappa shape index (κ2) is 6.83. The number of carbonyl (C=O) groups excluding carboxylic acids is 1. The summed E-state index contributed by atoms with van der Waals surface area (Å²) < 4.78 is 6.40. The average Bonchev–Trinajstić information content (AvgIpc) is 3.00. The molecule has 5 heteroatoms. The fraction of sp³-hybridized carbons (Fsp3) is 0.381. The molecule has 0 saturated carbocycles. The third-order valence-corrected chi connectivity index (χ3v) is 5.43. The van der Waals surface area contributed by atoms with Crippen LogP contribution in [0.2, 0.25) is 0 Å². The highest BCUT2D eigenvalue weighted by Gasteiger charge is 2.49. The van der Waals surface area contributed by atoms with Crippen molar-refractivity contribution in [2.45, 2.75) is 37.7 Å². The first-order valence-corrected chi connectivity index (χ1v) is 9.27. The third-order valence-electron chi connectivity index (χ3n) is 5.43. The first kappa shape index (κ1) is 17.2. The molecule has 0 radical (unpaired) electrons. The van der Waals surface area contributed by atoms with Gasteiger partial charge >= 0.3 is 0 Å². The molecule has 2 aliphatic heterocycles. The quantitative estimate of drug-likeness (QED) is 0.889. The number of ether oxygens (including phenoxy) is 1. The maximum atomic E-state index is 12.5. The monoisotopic (exact) mass is 351 g/mol. The van der Waals surface area contributed by atoms with E-state index in [2.05, 4.69) is 22.3 Å². The largest absolute Gasteiger partial charge is 0.356 e. The lowest BCUT2D eigenvalue weighted by Crippen LogP contribution is -2.59. The fourth-order valence-corrected chi connectivity index (χ4v) is 4.31. The molecule has 2 aliphatic rings. The van der Waals surface area contributed by atoms with Crippen molar-refractivity contribution in [2.24, 2.45) is 5.73 Å². The number of likely N-dealkylation sites (tertiary alicyclic amines) is 1. The molecule has 3 unspecified atom stereocenters. The molecule has 0 aliphatic carbocycles. The second-order valence-corrected chi connectivity index (χ2v) is 6.99. The van der Waals surface area contributed by atoms with Gasteiger partial charge in [0.05, 0.1) is 0 Å². The van der Waals surface area contributed by atoms with Crippen molar-refractivity contribution in [3.05, 3.63) is 71.3 Å². The summed E-state index contributed by atoms with van der Waals surface area (Å²) in [6, 6.07) is 18.1. The molecule has 2 heterocycles. The number of nitrogens with one attached hydrogen (secondary N) is 1. The Balaban J connectivity index is 1.82. The van der Waals surface area contributed by atoms with Crippen LogP contribution in [0.4, 0.5) is 0 Å². The zero-order valence-corrected chi connectivity index (χ0v) is 15.0. The van der Waals surface area contributed by atoms with Gasteiger partial charge in [0.2, 0.25) is 0 Å². The Bertz CT molecular complexity index is 795. The topological polar surface area (TPSA) is 67.6 Å². The number of amides is 1. The standard InChI is InChI=1S/C21H25N3O2/c1-2-26-21(15-8-4-3-5-9-15)14-16(22)12-13-24(21)19-17-10-6-7-11-18(17)20(25)23-19/h3-11,16,19H,2,12-14,22H2,1H3,(H,23,25). The van der Waals surface area contributed by atoms with Crippen LogP contribution in [0.3, 0.4) is 0 Å². The van der Waals surface area contributed by atoms with Gasteiger partial charge in [-0.05, 0) is 25.0 Å². The first-order valence-electron chi connectivity index (χ1n) is 9.27. The smallest absolute Gasteiger partial charge is 0.253 e. The Morgan fingerprint density at radius 2 is 1.92 bits per heavy atom. The lowest BCUT2D eigenvalue weighted by molar-refractivity contribution is -0.202. The summed E-state index contributed by atoms with van der Waals surface area (Å²) in [5, 5.41) is 3.15. The molecule has 2 aromatic carbocycles. The van der Waals surface area contributed by atoms with E-state index in [-0.39, 0.29) is 18.1 Å². The van der Waals surface area contributed by atoms with Gasteiger partial charge in [-0.3, -0.25) is 4.79 Å². The molecule has 1 fully saturated rings. The van der Waals surface area contributed by atoms with Gasteiger partial charge in [0.1, 0.15) is 6.17 Å². The number of benzene rings is 2. The third kappa shape index (κ3) is 2.72. The molecule has 0 aromatic heterocycles. The number of hydrogen-bond donors (Lipinski definition) is 2. The maximum absolute atomic E-state index is 12.5. The van der Waals surface area contributed by atoms with Gasteiger partial charge in [-0.2, -0.15) is 0 Å². The molecule has 0 bridgehead atoms. The van der Waals surface area contributed by atoms with Crippen molar-refractivity contribution in [3.63, 3.8) is 0 Å². The Hall–Kier alpha value is -2.21. The van der Waals surface area contributed by atoms with Crippen LogP contribution in [0.5, 0.6) is 0 Å². The molecule has 5 nitrogen and oxygen atoms in total. The van der Waals surface area contributed by atoms with E-state index in [0.717, 1.165) is 29.7 Å². The number of nitrogens with zero attached hydrogens (tertiary/aromatic N) is 1. The summed E-state index contributed by atoms with van der Waals surface area (Å²) in [7, 11) is 0. The Kier molecular flexibility index (Phi) is 4.53. The van der Waals surface area contributed by atoms with Crippen molar-refractivity contribution in [2.75, 3.05) is 13.2 Å². The number of nitrogens with two attached hydrogens (primary N) is 1. The number of hydrogen-bond acceptors (Lipinski definition) is 4. The molecule has 2 aromatic rings. The summed E-state index contributed by atoms with van der Waals surface area (Å²) in [6.07, 6.45) is 1.35. The highest BCUT2D eigenvalue weighted by molar-refractivity contribution is 5.99. The van der Waals surface area contributed by atoms with Gasteiger partial charge in [-0.25, -0.2) is 4.90 Å². The van der Waals surface area contributed by atoms with E-state index in [0.29, 0.717) is 13.0 Å². The van der Waals surface area contributed by atoms with Gasteiger partial charge in [0, 0.05) is 36.7 Å². The summed E-state index contributed by atoms with van der Waals surface area (Å²) in [6.45, 7) is 3.33. The van der Waals surface area contributed by atoms with Crippen LogP contribution in [0.1, 0.15) is 47.4 Å². The van der Waals surface area contributed by atoms with Crippen LogP contribution in [-0.2, 0) is 10.5 Å². The van der Waals surface area contributed by atoms with E-state index < -0.39 is 5.72 Å². The molecule has 4 rings (SSSR count). The predicted octanol–water partition coefficient (Wildman–Crippen LogP) is 2.74. The molecule has 1 amide bonds. The van der Waals surface area contributed by atoms with Crippen molar-refractivity contribution < 1.29 is 9.53 Å². The molecule has 1 saturated heterocycles. The van der Waals surface area contributed by atoms with Crippen LogP contribution >= 0.6 is 0 Å². The maximum Gasteiger partial charge on any atom is 0.253 e. The van der Waals surface area contributed by atoms with E-state index in [1.165, 1.54) is 0 Å². The predicted molar refractivity (Wildman–Crippen MR) is 100 cm³/mol. The van der Waals surface area contributed by atoms with Gasteiger partial charge in [-0.1, -0.05) is 48.5 Å². The molecular formula is C21H25N3O2. The van der Waals surface area contributed by atoms with Gasteiger partial charge in [0.15, 0.2) is 5.72 Å². The normalized spacial score (nSPS) is 28.6. The van der Waals surface area contributed by atoms with E-state index in [9.17, 15) is 4.79 Å². The van der Waals surface area contributed by atoms with E-state index in [4.69, 9.17) is 10.5 Å². The van der Waals surface area contributed by atoms with Crippen molar-refractivity contribution in [3.8, 4) is 0 Å². The number of rotatable bonds is 4. The molecular weight excluding hydrogens is 326 g/mol. The Labute approximate surface area is 154 Å². The highest BCUT2D eigenvalue weighted by Crippen LogP contribution is 2.44.